The van der Waals surface area contributed by atoms with Crippen LogP contribution in [-0.4, -0.2) is 36.5 Å². The Balaban J connectivity index is 0.00000324. The first-order valence-corrected chi connectivity index (χ1v) is 10.1. The van der Waals surface area contributed by atoms with Crippen molar-refractivity contribution in [3.05, 3.63) is 84.2 Å². The molecule has 0 bridgehead atoms. The van der Waals surface area contributed by atoms with Crippen LogP contribution >= 0.6 is 12.4 Å². The normalized spacial score (nSPS) is 10.5. The first kappa shape index (κ1) is 24.5. The number of aromatic nitrogens is 5. The minimum atomic E-state index is -0.737. The van der Waals surface area contributed by atoms with Crippen LogP contribution < -0.4 is 10.6 Å². The molecule has 0 saturated carbocycles. The molecule has 0 spiro atoms. The molecule has 3 heterocycles. The zero-order valence-electron chi connectivity index (χ0n) is 18.3. The smallest absolute Gasteiger partial charge is 0.274 e. The zero-order chi connectivity index (χ0) is 23.4. The molecule has 2 amide bonds. The third-order valence-electron chi connectivity index (χ3n) is 4.72. The van der Waals surface area contributed by atoms with Gasteiger partial charge in [-0.2, -0.15) is 0 Å². The fourth-order valence-electron chi connectivity index (χ4n) is 3.09. The number of nitrogens with zero attached hydrogens (tertiary/aromatic N) is 5. The van der Waals surface area contributed by atoms with Gasteiger partial charge in [-0.05, 0) is 56.3 Å². The lowest BCUT2D eigenvalue weighted by Crippen LogP contribution is -2.17. The van der Waals surface area contributed by atoms with Gasteiger partial charge in [-0.25, -0.2) is 9.37 Å². The van der Waals surface area contributed by atoms with Crippen LogP contribution in [0, 0.1) is 5.82 Å². The van der Waals surface area contributed by atoms with Crippen LogP contribution in [0.15, 0.2) is 67.1 Å². The topological polar surface area (TPSA) is 115 Å². The van der Waals surface area contributed by atoms with E-state index in [1.54, 1.807) is 42.7 Å². The molecule has 2 N–H and O–H groups in total. The van der Waals surface area contributed by atoms with Gasteiger partial charge in [0.25, 0.3) is 11.8 Å². The summed E-state index contributed by atoms with van der Waals surface area (Å²) in [4.78, 5) is 33.4. The summed E-state index contributed by atoms with van der Waals surface area (Å²) in [7, 11) is 0. The van der Waals surface area contributed by atoms with E-state index in [0.29, 0.717) is 11.5 Å². The van der Waals surface area contributed by atoms with Crippen molar-refractivity contribution < 1.29 is 14.0 Å². The van der Waals surface area contributed by atoms with Gasteiger partial charge in [0.15, 0.2) is 5.82 Å². The van der Waals surface area contributed by atoms with Gasteiger partial charge in [0.2, 0.25) is 0 Å². The van der Waals surface area contributed by atoms with Gasteiger partial charge < -0.3 is 15.2 Å². The highest BCUT2D eigenvalue weighted by Gasteiger charge is 2.17. The quantitative estimate of drug-likeness (QED) is 0.422. The van der Waals surface area contributed by atoms with E-state index in [0.717, 1.165) is 6.07 Å². The minimum absolute atomic E-state index is 0. The zero-order valence-corrected chi connectivity index (χ0v) is 19.1. The molecule has 1 aromatic carbocycles. The van der Waals surface area contributed by atoms with E-state index in [1.165, 1.54) is 18.3 Å². The molecule has 0 atom stereocenters. The number of benzene rings is 1. The second-order valence-corrected chi connectivity index (χ2v) is 7.38. The van der Waals surface area contributed by atoms with Crippen molar-refractivity contribution in [2.75, 3.05) is 10.6 Å². The molecule has 0 saturated heterocycles. The first-order chi connectivity index (χ1) is 15.9. The maximum absolute atomic E-state index is 14.4. The standard InChI is InChI=1S/C23H20FN7O2.ClH/c1-14(2)31-13-26-30-21(31)18-7-5-8-20(28-18)29-22(32)16-12-15(9-10-17(16)24)27-23(33)19-6-3-4-11-25-19;/h3-14H,1-2H3,(H,27,33)(H,28,29,32);1H. The second-order valence-electron chi connectivity index (χ2n) is 7.38. The SMILES string of the molecule is CC(C)n1cnnc1-c1cccc(NC(=O)c2cc(NC(=O)c3ccccn3)ccc2F)n1.Cl. The van der Waals surface area contributed by atoms with Gasteiger partial charge >= 0.3 is 0 Å². The van der Waals surface area contributed by atoms with Crippen molar-refractivity contribution in [1.29, 1.82) is 0 Å². The molecule has 0 aliphatic heterocycles. The summed E-state index contributed by atoms with van der Waals surface area (Å²) >= 11 is 0. The number of halogens is 2. The van der Waals surface area contributed by atoms with E-state index in [9.17, 15) is 14.0 Å². The van der Waals surface area contributed by atoms with Crippen LogP contribution in [0.2, 0.25) is 0 Å². The average molecular weight is 482 g/mol. The highest BCUT2D eigenvalue weighted by atomic mass is 35.5. The monoisotopic (exact) mass is 481 g/mol. The van der Waals surface area contributed by atoms with Crippen molar-refractivity contribution in [1.82, 2.24) is 24.7 Å². The Bertz CT molecular complexity index is 1310. The fraction of sp³-hybridized carbons (Fsp3) is 0.130. The van der Waals surface area contributed by atoms with Crippen LogP contribution in [0.5, 0.6) is 0 Å². The fourth-order valence-corrected chi connectivity index (χ4v) is 3.09. The van der Waals surface area contributed by atoms with E-state index in [1.807, 2.05) is 18.4 Å². The lowest BCUT2D eigenvalue weighted by molar-refractivity contribution is 0.101. The third-order valence-corrected chi connectivity index (χ3v) is 4.72. The van der Waals surface area contributed by atoms with Gasteiger partial charge in [0.1, 0.15) is 29.4 Å². The number of rotatable bonds is 6. The van der Waals surface area contributed by atoms with Crippen molar-refractivity contribution >= 4 is 35.7 Å². The van der Waals surface area contributed by atoms with Gasteiger partial charge in [-0.3, -0.25) is 14.6 Å². The summed E-state index contributed by atoms with van der Waals surface area (Å²) in [6, 6.07) is 13.8. The maximum atomic E-state index is 14.4. The molecule has 0 radical (unpaired) electrons. The van der Waals surface area contributed by atoms with Crippen molar-refractivity contribution in [2.24, 2.45) is 0 Å². The van der Waals surface area contributed by atoms with Crippen LogP contribution in [0.25, 0.3) is 11.5 Å². The Morgan fingerprint density at radius 3 is 2.56 bits per heavy atom. The molecule has 34 heavy (non-hydrogen) atoms. The molecule has 174 valence electrons. The van der Waals surface area contributed by atoms with E-state index in [4.69, 9.17) is 0 Å². The lowest BCUT2D eigenvalue weighted by Gasteiger charge is -2.11. The maximum Gasteiger partial charge on any atom is 0.274 e. The Morgan fingerprint density at radius 2 is 1.82 bits per heavy atom. The van der Waals surface area contributed by atoms with E-state index < -0.39 is 17.6 Å². The summed E-state index contributed by atoms with van der Waals surface area (Å²) in [5.41, 5.74) is 0.717. The number of anilines is 2. The Kier molecular flexibility index (Phi) is 7.64. The first-order valence-electron chi connectivity index (χ1n) is 10.1. The largest absolute Gasteiger partial charge is 0.321 e. The predicted octanol–water partition coefficient (Wildman–Crippen LogP) is 4.38. The molecule has 0 aliphatic carbocycles. The van der Waals surface area contributed by atoms with Crippen molar-refractivity contribution in [3.63, 3.8) is 0 Å². The van der Waals surface area contributed by atoms with Crippen molar-refractivity contribution in [2.45, 2.75) is 19.9 Å². The molecule has 11 heteroatoms. The van der Waals surface area contributed by atoms with Gasteiger partial charge in [-0.1, -0.05) is 12.1 Å². The Labute approximate surface area is 200 Å². The summed E-state index contributed by atoms with van der Waals surface area (Å²) < 4.78 is 16.2. The predicted molar refractivity (Wildman–Crippen MR) is 127 cm³/mol. The number of carbonyl (C=O) groups is 2. The number of hydrogen-bond donors (Lipinski definition) is 2. The number of amides is 2. The third kappa shape index (κ3) is 5.41. The summed E-state index contributed by atoms with van der Waals surface area (Å²) in [6.45, 7) is 3.97. The molecule has 0 unspecified atom stereocenters. The van der Waals surface area contributed by atoms with E-state index in [-0.39, 0.29) is 41.2 Å². The second kappa shape index (κ2) is 10.6. The summed E-state index contributed by atoms with van der Waals surface area (Å²) in [6.07, 6.45) is 3.09. The Hall–Kier alpha value is -4.18. The van der Waals surface area contributed by atoms with Crippen LogP contribution in [0.1, 0.15) is 40.7 Å². The average Bonchev–Trinajstić information content (AvgIpc) is 3.31. The highest BCUT2D eigenvalue weighted by Crippen LogP contribution is 2.21. The molecule has 4 aromatic rings. The molecule has 0 fully saturated rings. The molecule has 0 aliphatic rings. The molecular weight excluding hydrogens is 461 g/mol. The molecule has 3 aromatic heterocycles. The van der Waals surface area contributed by atoms with Gasteiger partial charge in [-0.15, -0.1) is 22.6 Å². The number of pyridine rings is 2. The summed E-state index contributed by atoms with van der Waals surface area (Å²) in [5, 5.41) is 13.2. The van der Waals surface area contributed by atoms with E-state index in [2.05, 4.69) is 30.8 Å². The Morgan fingerprint density at radius 1 is 1.00 bits per heavy atom. The molecule has 4 rings (SSSR count). The van der Waals surface area contributed by atoms with Crippen LogP contribution in [0.3, 0.4) is 0 Å². The minimum Gasteiger partial charge on any atom is -0.321 e. The van der Waals surface area contributed by atoms with E-state index >= 15 is 0 Å². The number of hydrogen-bond acceptors (Lipinski definition) is 6. The highest BCUT2D eigenvalue weighted by molar-refractivity contribution is 6.06. The van der Waals surface area contributed by atoms with Gasteiger partial charge in [0.05, 0.1) is 5.56 Å². The van der Waals surface area contributed by atoms with Gasteiger partial charge in [0, 0.05) is 17.9 Å². The van der Waals surface area contributed by atoms with Crippen LogP contribution in [0.4, 0.5) is 15.9 Å². The molecule has 9 nitrogen and oxygen atoms in total. The molecular formula is C23H21ClFN7O2. The summed E-state index contributed by atoms with van der Waals surface area (Å²) in [5.74, 6) is -1.16. The van der Waals surface area contributed by atoms with Crippen LogP contribution in [-0.2, 0) is 0 Å². The van der Waals surface area contributed by atoms with Crippen molar-refractivity contribution in [3.8, 4) is 11.5 Å². The number of carbonyl (C=O) groups excluding carboxylic acids is 2. The number of nitrogens with one attached hydrogen (secondary N) is 2. The lowest BCUT2D eigenvalue weighted by atomic mass is 10.1.